The normalized spacial score (nSPS) is 17.3. The van der Waals surface area contributed by atoms with Crippen molar-refractivity contribution in [2.75, 3.05) is 6.54 Å². The number of rotatable bonds is 21. The van der Waals surface area contributed by atoms with Crippen molar-refractivity contribution in [2.45, 2.75) is 101 Å². The van der Waals surface area contributed by atoms with Gasteiger partial charge in [-0.2, -0.15) is 0 Å². The maximum Gasteiger partial charge on any atom is 0.326 e. The number of carboxylic acid groups (broad SMARTS) is 4. The molecule has 0 aliphatic carbocycles. The lowest BCUT2D eigenvalue weighted by atomic mass is 10.0. The molecule has 0 unspecified atom stereocenters. The Hall–Kier alpha value is -6.62. The van der Waals surface area contributed by atoms with Crippen LogP contribution >= 0.6 is 0 Å². The molecule has 3 rings (SSSR count). The third kappa shape index (κ3) is 12.7. The zero-order chi connectivity index (χ0) is 43.4. The van der Waals surface area contributed by atoms with Gasteiger partial charge >= 0.3 is 23.9 Å². The van der Waals surface area contributed by atoms with Crippen LogP contribution in [0.5, 0.6) is 0 Å². The van der Waals surface area contributed by atoms with Crippen molar-refractivity contribution in [1.29, 1.82) is 0 Å². The van der Waals surface area contributed by atoms with Crippen LogP contribution < -0.4 is 32.3 Å². The number of fused-ring (bicyclic) bond motifs is 1. The summed E-state index contributed by atoms with van der Waals surface area (Å²) in [6.45, 7) is 2.77. The number of carbonyl (C=O) groups is 10. The molecule has 0 radical (unpaired) electrons. The second-order valence-corrected chi connectivity index (χ2v) is 13.6. The van der Waals surface area contributed by atoms with Gasteiger partial charge in [0, 0.05) is 30.1 Å². The summed E-state index contributed by atoms with van der Waals surface area (Å²) in [5.41, 5.74) is 7.02. The van der Waals surface area contributed by atoms with E-state index in [4.69, 9.17) is 10.8 Å². The molecule has 23 heteroatoms. The van der Waals surface area contributed by atoms with Crippen molar-refractivity contribution >= 4 is 70.2 Å². The summed E-state index contributed by atoms with van der Waals surface area (Å²) in [6.07, 6.45) is -3.09. The number of aliphatic hydroxyl groups is 1. The minimum atomic E-state index is -2.10. The molecule has 2 heterocycles. The Labute approximate surface area is 329 Å². The number of nitrogens with zero attached hydrogens (tertiary/aromatic N) is 1. The van der Waals surface area contributed by atoms with E-state index in [2.05, 4.69) is 15.6 Å². The molecule has 0 bridgehead atoms. The maximum absolute atomic E-state index is 13.9. The molecule has 1 aliphatic rings. The van der Waals surface area contributed by atoms with Crippen LogP contribution in [0.4, 0.5) is 0 Å². The topological polar surface area (TPSA) is 377 Å². The van der Waals surface area contributed by atoms with Crippen LogP contribution in [0.2, 0.25) is 0 Å². The first kappa shape index (κ1) is 45.8. The molecule has 8 atom stereocenters. The molecule has 1 aliphatic heterocycles. The standard InChI is InChI=1S/C35H46N8O15/c1-15(36)34(56)43-9-5-8-24(43)32(54)39-20(10-17-14-37-19-7-4-3-6-18(17)19)31(53)42-28(16(2)44)33(55)40-22(12-26(47)48)29(51)38-21(11-25(45)46)30(52)41-23(35(57)58)13-27(49)50/h3-4,6-7,14-16,20-24,28,37,44H,5,8-13,36H2,1-2H3,(H,38,51)(H,39,54)(H,40,55)(H,41,52)(H,42,53)(H,45,46)(H,47,48)(H,49,50)(H,57,58)/t15-,16+,20-,21-,22-,23-,24-,28-/m0/s1. The number of carbonyl (C=O) groups excluding carboxylic acids is 6. The fraction of sp³-hybridized carbons (Fsp3) is 0.486. The molecule has 13 N–H and O–H groups in total. The van der Waals surface area contributed by atoms with Crippen LogP contribution in [0.1, 0.15) is 51.5 Å². The van der Waals surface area contributed by atoms with E-state index in [0.29, 0.717) is 22.9 Å². The second-order valence-electron chi connectivity index (χ2n) is 13.6. The number of amides is 6. The van der Waals surface area contributed by atoms with Gasteiger partial charge in [0.2, 0.25) is 35.4 Å². The zero-order valence-corrected chi connectivity index (χ0v) is 31.3. The lowest BCUT2D eigenvalue weighted by Crippen LogP contribution is -2.62. The lowest BCUT2D eigenvalue weighted by molar-refractivity contribution is -0.148. The molecule has 1 saturated heterocycles. The first-order valence-electron chi connectivity index (χ1n) is 17.9. The number of nitrogens with two attached hydrogens (primary N) is 1. The Balaban J connectivity index is 1.87. The van der Waals surface area contributed by atoms with E-state index in [1.807, 2.05) is 10.6 Å². The van der Waals surface area contributed by atoms with Gasteiger partial charge in [-0.05, 0) is 38.3 Å². The number of aliphatic carboxylic acids is 4. The molecule has 1 aromatic carbocycles. The molecule has 6 amide bonds. The highest BCUT2D eigenvalue weighted by atomic mass is 16.4. The Kier molecular flexibility index (Phi) is 16.2. The first-order valence-corrected chi connectivity index (χ1v) is 17.9. The fourth-order valence-corrected chi connectivity index (χ4v) is 6.17. The third-order valence-corrected chi connectivity index (χ3v) is 9.04. The Morgan fingerprint density at radius 1 is 0.741 bits per heavy atom. The van der Waals surface area contributed by atoms with E-state index >= 15 is 0 Å². The summed E-state index contributed by atoms with van der Waals surface area (Å²) in [7, 11) is 0. The number of hydrogen-bond donors (Lipinski definition) is 12. The van der Waals surface area contributed by atoms with Crippen LogP contribution in [0, 0.1) is 0 Å². The predicted octanol–water partition coefficient (Wildman–Crippen LogP) is -3.64. The number of H-pyrrole nitrogens is 1. The smallest absolute Gasteiger partial charge is 0.326 e. The SMILES string of the molecule is C[C@H](N)C(=O)N1CCC[C@H]1C(=O)N[C@@H](Cc1c[nH]c2ccccc12)C(=O)N[C@H](C(=O)N[C@@H](CC(=O)O)C(=O)N[C@@H](CC(=O)O)C(=O)N[C@@H](CC(=O)O)C(=O)O)[C@@H](C)O. The van der Waals surface area contributed by atoms with Crippen LogP contribution in [0.25, 0.3) is 10.9 Å². The lowest BCUT2D eigenvalue weighted by Gasteiger charge is -2.29. The van der Waals surface area contributed by atoms with Gasteiger partial charge in [0.25, 0.3) is 0 Å². The molecular weight excluding hydrogens is 772 g/mol. The molecule has 1 aromatic heterocycles. The highest BCUT2D eigenvalue weighted by Crippen LogP contribution is 2.21. The molecular formula is C35H46N8O15. The maximum atomic E-state index is 13.9. The summed E-state index contributed by atoms with van der Waals surface area (Å²) < 4.78 is 0. The quantitative estimate of drug-likeness (QED) is 0.0578. The van der Waals surface area contributed by atoms with Gasteiger partial charge in [-0.1, -0.05) is 18.2 Å². The van der Waals surface area contributed by atoms with Crippen molar-refractivity contribution in [3.63, 3.8) is 0 Å². The van der Waals surface area contributed by atoms with Gasteiger partial charge in [0.05, 0.1) is 31.4 Å². The van der Waals surface area contributed by atoms with Crippen LogP contribution in [-0.4, -0.2) is 150 Å². The molecule has 0 spiro atoms. The summed E-state index contributed by atoms with van der Waals surface area (Å²) in [6, 6.07) is -4.50. The summed E-state index contributed by atoms with van der Waals surface area (Å²) in [5, 5.41) is 59.0. The second kappa shape index (κ2) is 20.5. The number of aromatic nitrogens is 1. The Morgan fingerprint density at radius 3 is 1.79 bits per heavy atom. The van der Waals surface area contributed by atoms with Crippen molar-refractivity contribution in [2.24, 2.45) is 5.73 Å². The van der Waals surface area contributed by atoms with E-state index in [0.717, 1.165) is 6.92 Å². The molecule has 2 aromatic rings. The fourth-order valence-electron chi connectivity index (χ4n) is 6.17. The summed E-state index contributed by atoms with van der Waals surface area (Å²) in [4.78, 5) is 130. The van der Waals surface area contributed by atoms with Crippen molar-refractivity contribution in [3.8, 4) is 0 Å². The number of benzene rings is 1. The minimum absolute atomic E-state index is 0.171. The number of carboxylic acids is 4. The van der Waals surface area contributed by atoms with Crippen LogP contribution in [0.15, 0.2) is 30.5 Å². The van der Waals surface area contributed by atoms with Gasteiger partial charge in [-0.15, -0.1) is 0 Å². The third-order valence-electron chi connectivity index (χ3n) is 9.04. The van der Waals surface area contributed by atoms with Gasteiger partial charge in [0.1, 0.15) is 36.3 Å². The van der Waals surface area contributed by atoms with Crippen molar-refractivity contribution in [1.82, 2.24) is 36.5 Å². The summed E-state index contributed by atoms with van der Waals surface area (Å²) >= 11 is 0. The average molecular weight is 819 g/mol. The molecule has 58 heavy (non-hydrogen) atoms. The zero-order valence-electron chi connectivity index (χ0n) is 31.3. The largest absolute Gasteiger partial charge is 0.481 e. The minimum Gasteiger partial charge on any atom is -0.481 e. The number of aromatic amines is 1. The predicted molar refractivity (Wildman–Crippen MR) is 196 cm³/mol. The van der Waals surface area contributed by atoms with Gasteiger partial charge in [-0.3, -0.25) is 43.2 Å². The van der Waals surface area contributed by atoms with E-state index in [1.54, 1.807) is 35.8 Å². The van der Waals surface area contributed by atoms with Crippen molar-refractivity contribution < 1.29 is 73.5 Å². The molecule has 0 saturated carbocycles. The van der Waals surface area contributed by atoms with Gasteiger partial charge in [-0.25, -0.2) is 4.79 Å². The monoisotopic (exact) mass is 818 g/mol. The van der Waals surface area contributed by atoms with E-state index in [1.165, 1.54) is 11.8 Å². The molecule has 1 fully saturated rings. The molecule has 316 valence electrons. The summed E-state index contributed by atoms with van der Waals surface area (Å²) in [5.74, 6) is -13.3. The van der Waals surface area contributed by atoms with Crippen molar-refractivity contribution in [3.05, 3.63) is 36.0 Å². The highest BCUT2D eigenvalue weighted by molar-refractivity contribution is 5.99. The number of nitrogens with one attached hydrogen (secondary N) is 6. The Morgan fingerprint density at radius 2 is 1.26 bits per heavy atom. The number of likely N-dealkylation sites (tertiary alicyclic amines) is 1. The Bertz CT molecular complexity index is 1910. The number of para-hydroxylation sites is 1. The van der Waals surface area contributed by atoms with E-state index < -0.39 is 127 Å². The first-order chi connectivity index (χ1) is 27.2. The average Bonchev–Trinajstić information content (AvgIpc) is 3.79. The number of hydrogen-bond acceptors (Lipinski definition) is 12. The van der Waals surface area contributed by atoms with Gasteiger partial charge < -0.3 is 67.7 Å². The number of aliphatic hydroxyl groups excluding tert-OH is 1. The van der Waals surface area contributed by atoms with Crippen LogP contribution in [-0.2, 0) is 54.4 Å². The van der Waals surface area contributed by atoms with E-state index in [9.17, 15) is 68.4 Å². The highest BCUT2D eigenvalue weighted by Gasteiger charge is 2.39. The molecule has 23 nitrogen and oxygen atoms in total. The van der Waals surface area contributed by atoms with Crippen LogP contribution in [0.3, 0.4) is 0 Å². The van der Waals surface area contributed by atoms with Gasteiger partial charge in [0.15, 0.2) is 0 Å². The van der Waals surface area contributed by atoms with E-state index in [-0.39, 0.29) is 19.4 Å².